The summed E-state index contributed by atoms with van der Waals surface area (Å²) in [5.74, 6) is -0.477. The molecule has 174 valence electrons. The average molecular weight is 483 g/mol. The Labute approximate surface area is 203 Å². The lowest BCUT2D eigenvalue weighted by molar-refractivity contribution is -0.115. The summed E-state index contributed by atoms with van der Waals surface area (Å²) in [5.41, 5.74) is 6.08. The molecule has 0 fully saturated rings. The summed E-state index contributed by atoms with van der Waals surface area (Å²) in [7, 11) is 0. The van der Waals surface area contributed by atoms with E-state index in [4.69, 9.17) is 9.72 Å². The van der Waals surface area contributed by atoms with Gasteiger partial charge in [-0.3, -0.25) is 4.79 Å². The summed E-state index contributed by atoms with van der Waals surface area (Å²) in [6.07, 6.45) is 3.98. The molecule has 0 bridgehead atoms. The average Bonchev–Trinajstić information content (AvgIpc) is 3.12. The third-order valence-electron chi connectivity index (χ3n) is 5.99. The second kappa shape index (κ2) is 9.85. The number of fused-ring (bicyclic) bond motifs is 2. The number of carbonyl (C=O) groups is 2. The standard InChI is InChI=1S/C26H30N2O3S2/c1-6-31-26(30)22-18-9-7-8-10-20(18)33-25(22)28-24(29)17(5)32-21-13-15(3)19-12-14(2)11-16(4)23(19)27-21/h11-13,17H,6-10H2,1-5H3,(H,28,29). The van der Waals surface area contributed by atoms with Crippen LogP contribution in [0.3, 0.4) is 0 Å². The van der Waals surface area contributed by atoms with Gasteiger partial charge in [0.15, 0.2) is 0 Å². The number of ether oxygens (including phenoxy) is 1. The van der Waals surface area contributed by atoms with Gasteiger partial charge in [0.25, 0.3) is 0 Å². The highest BCUT2D eigenvalue weighted by Gasteiger charge is 2.28. The monoisotopic (exact) mass is 482 g/mol. The van der Waals surface area contributed by atoms with Crippen LogP contribution in [0.1, 0.15) is 64.2 Å². The Bertz CT molecular complexity index is 1230. The van der Waals surface area contributed by atoms with Crippen molar-refractivity contribution in [2.75, 3.05) is 11.9 Å². The molecular formula is C26H30N2O3S2. The smallest absolute Gasteiger partial charge is 0.341 e. The fourth-order valence-electron chi connectivity index (χ4n) is 4.40. The number of thioether (sulfide) groups is 1. The molecule has 0 saturated carbocycles. The molecule has 2 aromatic heterocycles. The maximum Gasteiger partial charge on any atom is 0.341 e. The SMILES string of the molecule is CCOC(=O)c1c(NC(=O)C(C)Sc2cc(C)c3cc(C)cc(C)c3n2)sc2c1CCCC2. The van der Waals surface area contributed by atoms with Crippen molar-refractivity contribution >= 4 is 50.9 Å². The van der Waals surface area contributed by atoms with Gasteiger partial charge in [0.2, 0.25) is 5.91 Å². The second-order valence-electron chi connectivity index (χ2n) is 8.64. The van der Waals surface area contributed by atoms with Gasteiger partial charge < -0.3 is 10.1 Å². The summed E-state index contributed by atoms with van der Waals surface area (Å²) >= 11 is 2.96. The zero-order valence-electron chi connectivity index (χ0n) is 19.8. The van der Waals surface area contributed by atoms with E-state index in [1.807, 2.05) is 13.0 Å². The molecule has 1 unspecified atom stereocenters. The van der Waals surface area contributed by atoms with Crippen LogP contribution in [-0.2, 0) is 22.4 Å². The van der Waals surface area contributed by atoms with E-state index in [0.717, 1.165) is 58.3 Å². The van der Waals surface area contributed by atoms with Gasteiger partial charge in [-0.2, -0.15) is 0 Å². The van der Waals surface area contributed by atoms with Crippen molar-refractivity contribution in [3.8, 4) is 0 Å². The molecule has 0 spiro atoms. The summed E-state index contributed by atoms with van der Waals surface area (Å²) in [6, 6.07) is 6.34. The lowest BCUT2D eigenvalue weighted by atomic mass is 9.95. The molecule has 1 aromatic carbocycles. The summed E-state index contributed by atoms with van der Waals surface area (Å²) in [6.45, 7) is 10.2. The van der Waals surface area contributed by atoms with E-state index in [0.29, 0.717) is 17.2 Å². The molecule has 5 nitrogen and oxygen atoms in total. The molecule has 3 aromatic rings. The third-order valence-corrected chi connectivity index (χ3v) is 8.21. The van der Waals surface area contributed by atoms with Crippen molar-refractivity contribution < 1.29 is 14.3 Å². The van der Waals surface area contributed by atoms with Crippen molar-refractivity contribution in [3.05, 3.63) is 50.9 Å². The number of hydrogen-bond acceptors (Lipinski definition) is 6. The maximum absolute atomic E-state index is 13.1. The minimum atomic E-state index is -0.366. The Morgan fingerprint density at radius 1 is 1.15 bits per heavy atom. The highest BCUT2D eigenvalue weighted by atomic mass is 32.2. The summed E-state index contributed by atoms with van der Waals surface area (Å²) < 4.78 is 5.31. The van der Waals surface area contributed by atoms with Crippen molar-refractivity contribution in [1.29, 1.82) is 0 Å². The molecular weight excluding hydrogens is 452 g/mol. The molecule has 1 N–H and O–H groups in total. The van der Waals surface area contributed by atoms with Crippen LogP contribution in [0, 0.1) is 20.8 Å². The first-order chi connectivity index (χ1) is 15.8. The quantitative estimate of drug-likeness (QED) is 0.325. The van der Waals surface area contributed by atoms with Gasteiger partial charge in [-0.1, -0.05) is 23.4 Å². The van der Waals surface area contributed by atoms with Crippen LogP contribution in [0.15, 0.2) is 23.2 Å². The number of rotatable bonds is 6. The Morgan fingerprint density at radius 3 is 2.67 bits per heavy atom. The summed E-state index contributed by atoms with van der Waals surface area (Å²) in [5, 5.41) is 5.25. The first-order valence-corrected chi connectivity index (χ1v) is 13.2. The van der Waals surface area contributed by atoms with Crippen LogP contribution in [0.25, 0.3) is 10.9 Å². The largest absolute Gasteiger partial charge is 0.462 e. The molecule has 33 heavy (non-hydrogen) atoms. The van der Waals surface area contributed by atoms with Gasteiger partial charge in [-0.15, -0.1) is 11.3 Å². The highest BCUT2D eigenvalue weighted by Crippen LogP contribution is 2.39. The number of nitrogens with zero attached hydrogens (tertiary/aromatic N) is 1. The molecule has 0 aliphatic heterocycles. The minimum absolute atomic E-state index is 0.135. The number of thiophene rings is 1. The van der Waals surface area contributed by atoms with Crippen molar-refractivity contribution in [1.82, 2.24) is 4.98 Å². The van der Waals surface area contributed by atoms with Crippen LogP contribution in [-0.4, -0.2) is 28.7 Å². The maximum atomic E-state index is 13.1. The number of anilines is 1. The van der Waals surface area contributed by atoms with E-state index in [9.17, 15) is 9.59 Å². The minimum Gasteiger partial charge on any atom is -0.462 e. The number of pyridine rings is 1. The van der Waals surface area contributed by atoms with E-state index in [1.54, 1.807) is 6.92 Å². The Hall–Kier alpha value is -2.38. The van der Waals surface area contributed by atoms with Crippen LogP contribution in [0.2, 0.25) is 0 Å². The number of aryl methyl sites for hydroxylation is 4. The van der Waals surface area contributed by atoms with E-state index in [-0.39, 0.29) is 17.1 Å². The number of carbonyl (C=O) groups excluding carboxylic acids is 2. The number of nitrogens with one attached hydrogen (secondary N) is 1. The normalized spacial score (nSPS) is 14.1. The molecule has 0 radical (unpaired) electrons. The number of amides is 1. The van der Waals surface area contributed by atoms with Gasteiger partial charge >= 0.3 is 5.97 Å². The molecule has 1 aliphatic carbocycles. The van der Waals surface area contributed by atoms with Gasteiger partial charge in [-0.05, 0) is 89.1 Å². The van der Waals surface area contributed by atoms with Gasteiger partial charge in [0, 0.05) is 10.3 Å². The van der Waals surface area contributed by atoms with Crippen molar-refractivity contribution in [3.63, 3.8) is 0 Å². The second-order valence-corrected chi connectivity index (χ2v) is 11.1. The molecule has 1 aliphatic rings. The number of esters is 1. The van der Waals surface area contributed by atoms with Crippen LogP contribution in [0.4, 0.5) is 5.00 Å². The van der Waals surface area contributed by atoms with Gasteiger partial charge in [0.1, 0.15) is 5.00 Å². The topological polar surface area (TPSA) is 68.3 Å². The molecule has 1 amide bonds. The molecule has 1 atom stereocenters. The molecule has 2 heterocycles. The Morgan fingerprint density at radius 2 is 1.91 bits per heavy atom. The molecule has 7 heteroatoms. The van der Waals surface area contributed by atoms with Crippen LogP contribution in [0.5, 0.6) is 0 Å². The first kappa shape index (κ1) is 23.8. The number of benzene rings is 1. The third kappa shape index (κ3) is 4.94. The first-order valence-electron chi connectivity index (χ1n) is 11.5. The zero-order chi connectivity index (χ0) is 23.7. The van der Waals surface area contributed by atoms with E-state index >= 15 is 0 Å². The Kier molecular flexibility index (Phi) is 7.10. The Balaban J connectivity index is 1.56. The van der Waals surface area contributed by atoms with Crippen LogP contribution >= 0.6 is 23.1 Å². The lowest BCUT2D eigenvalue weighted by Gasteiger charge is -2.14. The fraction of sp³-hybridized carbons (Fsp3) is 0.423. The van der Waals surface area contributed by atoms with Gasteiger partial charge in [0.05, 0.1) is 28.0 Å². The predicted molar refractivity (Wildman–Crippen MR) is 137 cm³/mol. The van der Waals surface area contributed by atoms with E-state index in [1.165, 1.54) is 33.5 Å². The van der Waals surface area contributed by atoms with Gasteiger partial charge in [-0.25, -0.2) is 9.78 Å². The molecule has 4 rings (SSSR count). The van der Waals surface area contributed by atoms with Crippen molar-refractivity contribution in [2.24, 2.45) is 0 Å². The predicted octanol–water partition coefficient (Wildman–Crippen LogP) is 6.40. The fourth-order valence-corrected chi connectivity index (χ4v) is 6.59. The van der Waals surface area contributed by atoms with Crippen LogP contribution < -0.4 is 5.32 Å². The number of aromatic nitrogens is 1. The zero-order valence-corrected chi connectivity index (χ0v) is 21.5. The van der Waals surface area contributed by atoms with Crippen molar-refractivity contribution in [2.45, 2.75) is 70.6 Å². The number of hydrogen-bond donors (Lipinski definition) is 1. The highest BCUT2D eigenvalue weighted by molar-refractivity contribution is 8.00. The van der Waals surface area contributed by atoms with E-state index < -0.39 is 0 Å². The lowest BCUT2D eigenvalue weighted by Crippen LogP contribution is -2.23. The summed E-state index contributed by atoms with van der Waals surface area (Å²) in [4.78, 5) is 31.8. The molecule has 0 saturated heterocycles. The van der Waals surface area contributed by atoms with E-state index in [2.05, 4.69) is 38.2 Å².